The molecule has 4 aromatic rings. The molecule has 0 aliphatic heterocycles. The Morgan fingerprint density at radius 2 is 1.65 bits per heavy atom. The zero-order valence-corrected chi connectivity index (χ0v) is 28.3. The van der Waals surface area contributed by atoms with Crippen LogP contribution in [0.5, 0.6) is 6.01 Å². The van der Waals surface area contributed by atoms with Gasteiger partial charge in [-0.15, -0.1) is 0 Å². The number of nitrogens with zero attached hydrogens (tertiary/aromatic N) is 5. The van der Waals surface area contributed by atoms with Gasteiger partial charge in [-0.3, -0.25) is 19.1 Å². The van der Waals surface area contributed by atoms with Crippen molar-refractivity contribution in [3.05, 3.63) is 76.9 Å². The monoisotopic (exact) mass is 744 g/mol. The van der Waals surface area contributed by atoms with Gasteiger partial charge in [-0.2, -0.15) is 33.2 Å². The Morgan fingerprint density at radius 1 is 0.962 bits per heavy atom. The molecule has 2 heterocycles. The first-order valence-corrected chi connectivity index (χ1v) is 15.9. The smallest absolute Gasteiger partial charge is 0.422 e. The van der Waals surface area contributed by atoms with Crippen LogP contribution in [0.25, 0.3) is 0 Å². The first-order chi connectivity index (χ1) is 24.7. The lowest BCUT2D eigenvalue weighted by Gasteiger charge is -2.19. The van der Waals surface area contributed by atoms with Gasteiger partial charge < -0.3 is 36.1 Å². The standard InChI is InChI=1S/C32H32ClF3N10O6/c1-46-16-12-23(45-46)40-26(49)25(48)37-15-11-22(27(50)51-2)39-24(47)18-3-9-21(10-4-18)38-28-41-29(43-30(42-28)52-17-32(34,35)36)44-31(13-14-31)19-5-7-20(33)8-6-19/h3-10,12,16,22H,11,13-15,17H2,1-2H3,(H,37,48)(H,39,47)(H,40,45,49)(H2,38,41,42,43,44)/t22-/m0/s1. The molecule has 2 aromatic heterocycles. The molecule has 5 N–H and O–H groups in total. The molecule has 1 aliphatic carbocycles. The number of benzene rings is 2. The second kappa shape index (κ2) is 15.9. The third kappa shape index (κ3) is 10.3. The highest BCUT2D eigenvalue weighted by atomic mass is 35.5. The molecular formula is C32H32ClF3N10O6. The lowest BCUT2D eigenvalue weighted by molar-refractivity contribution is -0.154. The van der Waals surface area contributed by atoms with Gasteiger partial charge in [0.1, 0.15) is 6.04 Å². The summed E-state index contributed by atoms with van der Waals surface area (Å²) in [5, 5.41) is 17.8. The van der Waals surface area contributed by atoms with Gasteiger partial charge in [0.05, 0.1) is 12.6 Å². The lowest BCUT2D eigenvalue weighted by atomic mass is 10.1. The predicted octanol–water partition coefficient (Wildman–Crippen LogP) is 3.46. The lowest BCUT2D eigenvalue weighted by Crippen LogP contribution is -2.44. The van der Waals surface area contributed by atoms with Crippen molar-refractivity contribution in [2.75, 3.05) is 36.2 Å². The van der Waals surface area contributed by atoms with Crippen LogP contribution in [0.2, 0.25) is 5.02 Å². The minimum absolute atomic E-state index is 0.0306. The average Bonchev–Trinajstić information content (AvgIpc) is 3.77. The molecule has 0 bridgehead atoms. The Morgan fingerprint density at radius 3 is 2.27 bits per heavy atom. The van der Waals surface area contributed by atoms with Crippen LogP contribution >= 0.6 is 11.6 Å². The van der Waals surface area contributed by atoms with E-state index in [1.54, 1.807) is 25.4 Å². The summed E-state index contributed by atoms with van der Waals surface area (Å²) in [6, 6.07) is 12.7. The number of aryl methyl sites for hydroxylation is 1. The molecule has 1 fully saturated rings. The molecule has 0 radical (unpaired) electrons. The number of alkyl halides is 3. The van der Waals surface area contributed by atoms with Gasteiger partial charge in [0.15, 0.2) is 12.4 Å². The van der Waals surface area contributed by atoms with Crippen LogP contribution in [0, 0.1) is 0 Å². The van der Waals surface area contributed by atoms with E-state index in [1.807, 2.05) is 12.1 Å². The van der Waals surface area contributed by atoms with Crippen molar-refractivity contribution in [2.45, 2.75) is 37.0 Å². The van der Waals surface area contributed by atoms with Crippen molar-refractivity contribution in [2.24, 2.45) is 7.05 Å². The number of halogens is 4. The summed E-state index contributed by atoms with van der Waals surface area (Å²) in [6.45, 7) is -1.78. The maximum absolute atomic E-state index is 13.0. The quantitative estimate of drug-likeness (QED) is 0.0931. The Hall–Kier alpha value is -5.98. The Balaban J connectivity index is 1.21. The van der Waals surface area contributed by atoms with Crippen LogP contribution in [0.1, 0.15) is 35.2 Å². The SMILES string of the molecule is COC(=O)[C@H](CCNC(=O)C(=O)Nc1ccn(C)n1)NC(=O)c1ccc(Nc2nc(NC3(c4ccc(Cl)cc4)CC3)nc(OCC(F)(F)F)n2)cc1. The number of ether oxygens (including phenoxy) is 2. The van der Waals surface area contributed by atoms with E-state index in [1.165, 1.54) is 35.0 Å². The molecule has 1 saturated carbocycles. The molecule has 52 heavy (non-hydrogen) atoms. The van der Waals surface area contributed by atoms with Crippen LogP contribution in [0.4, 0.5) is 36.6 Å². The van der Waals surface area contributed by atoms with E-state index in [-0.39, 0.29) is 36.2 Å². The van der Waals surface area contributed by atoms with Gasteiger partial charge in [-0.25, -0.2) is 4.79 Å². The number of methoxy groups -OCH3 is 1. The van der Waals surface area contributed by atoms with Gasteiger partial charge in [0, 0.05) is 42.1 Å². The number of rotatable bonds is 14. The van der Waals surface area contributed by atoms with Gasteiger partial charge in [-0.1, -0.05) is 23.7 Å². The number of carbonyl (C=O) groups is 4. The summed E-state index contributed by atoms with van der Waals surface area (Å²) >= 11 is 6.02. The minimum atomic E-state index is -4.64. The van der Waals surface area contributed by atoms with Gasteiger partial charge in [0.2, 0.25) is 11.9 Å². The minimum Gasteiger partial charge on any atom is -0.467 e. The molecule has 2 aromatic carbocycles. The maximum atomic E-state index is 13.0. The number of hydrogen-bond donors (Lipinski definition) is 5. The first-order valence-electron chi connectivity index (χ1n) is 15.6. The maximum Gasteiger partial charge on any atom is 0.422 e. The molecule has 1 aliphatic rings. The molecule has 0 saturated heterocycles. The van der Waals surface area contributed by atoms with Crippen LogP contribution in [-0.2, 0) is 31.7 Å². The highest BCUT2D eigenvalue weighted by Gasteiger charge is 2.45. The number of aromatic nitrogens is 5. The van der Waals surface area contributed by atoms with Crippen molar-refractivity contribution >= 4 is 58.7 Å². The van der Waals surface area contributed by atoms with E-state index in [0.29, 0.717) is 23.6 Å². The Labute approximate surface area is 298 Å². The van der Waals surface area contributed by atoms with Crippen molar-refractivity contribution in [3.8, 4) is 6.01 Å². The number of esters is 1. The predicted molar refractivity (Wildman–Crippen MR) is 180 cm³/mol. The van der Waals surface area contributed by atoms with Crippen molar-refractivity contribution in [1.82, 2.24) is 35.4 Å². The zero-order chi connectivity index (χ0) is 37.5. The largest absolute Gasteiger partial charge is 0.467 e. The molecule has 274 valence electrons. The third-order valence-electron chi connectivity index (χ3n) is 7.55. The van der Waals surface area contributed by atoms with Crippen molar-refractivity contribution in [1.29, 1.82) is 0 Å². The number of carbonyl (C=O) groups excluding carboxylic acids is 4. The highest BCUT2D eigenvalue weighted by Crippen LogP contribution is 2.48. The van der Waals surface area contributed by atoms with Crippen LogP contribution in [-0.4, -0.2) is 80.9 Å². The second-order valence-corrected chi connectivity index (χ2v) is 11.9. The average molecular weight is 745 g/mol. The molecule has 20 heteroatoms. The summed E-state index contributed by atoms with van der Waals surface area (Å²) in [5.74, 6) is -3.38. The zero-order valence-electron chi connectivity index (χ0n) is 27.6. The van der Waals surface area contributed by atoms with E-state index in [9.17, 15) is 32.3 Å². The number of hydrogen-bond acceptors (Lipinski definition) is 12. The van der Waals surface area contributed by atoms with Crippen LogP contribution in [0.3, 0.4) is 0 Å². The van der Waals surface area contributed by atoms with E-state index >= 15 is 0 Å². The summed E-state index contributed by atoms with van der Waals surface area (Å²) in [5.41, 5.74) is 0.818. The van der Waals surface area contributed by atoms with Crippen LogP contribution < -0.4 is 31.3 Å². The fraction of sp³-hybridized carbons (Fsp3) is 0.312. The molecule has 16 nitrogen and oxygen atoms in total. The highest BCUT2D eigenvalue weighted by molar-refractivity contribution is 6.39. The van der Waals surface area contributed by atoms with E-state index < -0.39 is 54.1 Å². The number of amides is 3. The van der Waals surface area contributed by atoms with Crippen molar-refractivity contribution < 1.29 is 41.8 Å². The second-order valence-electron chi connectivity index (χ2n) is 11.5. The molecule has 0 spiro atoms. The number of nitrogens with one attached hydrogen (secondary N) is 5. The molecule has 3 amide bonds. The van der Waals surface area contributed by atoms with Crippen molar-refractivity contribution in [3.63, 3.8) is 0 Å². The number of anilines is 4. The topological polar surface area (TPSA) is 203 Å². The molecule has 1 atom stereocenters. The Kier molecular flexibility index (Phi) is 11.4. The summed E-state index contributed by atoms with van der Waals surface area (Å²) in [4.78, 5) is 62.0. The first kappa shape index (κ1) is 37.3. The molecule has 0 unspecified atom stereocenters. The summed E-state index contributed by atoms with van der Waals surface area (Å²) < 4.78 is 49.8. The van der Waals surface area contributed by atoms with Gasteiger partial charge in [-0.05, 0) is 61.2 Å². The summed E-state index contributed by atoms with van der Waals surface area (Å²) in [6.07, 6.45) is -1.74. The normalized spacial score (nSPS) is 13.7. The van der Waals surface area contributed by atoms with E-state index in [4.69, 9.17) is 21.1 Å². The molecule has 5 rings (SSSR count). The summed E-state index contributed by atoms with van der Waals surface area (Å²) in [7, 11) is 2.77. The van der Waals surface area contributed by atoms with Gasteiger partial charge in [0.25, 0.3) is 5.91 Å². The Bertz CT molecular complexity index is 1920. The van der Waals surface area contributed by atoms with E-state index in [0.717, 1.165) is 12.7 Å². The fourth-order valence-electron chi connectivity index (χ4n) is 4.80. The van der Waals surface area contributed by atoms with Gasteiger partial charge >= 0.3 is 30.0 Å². The third-order valence-corrected chi connectivity index (χ3v) is 7.80. The fourth-order valence-corrected chi connectivity index (χ4v) is 4.93. The molecular weight excluding hydrogens is 713 g/mol. The van der Waals surface area contributed by atoms with Crippen LogP contribution in [0.15, 0.2) is 60.8 Å². The van der Waals surface area contributed by atoms with E-state index in [2.05, 4.69) is 46.6 Å².